The van der Waals surface area contributed by atoms with Crippen molar-refractivity contribution in [3.8, 4) is 0 Å². The summed E-state index contributed by atoms with van der Waals surface area (Å²) in [7, 11) is 0. The Hall–Kier alpha value is -1.38. The van der Waals surface area contributed by atoms with Crippen molar-refractivity contribution in [1.29, 1.82) is 0 Å². The van der Waals surface area contributed by atoms with Crippen molar-refractivity contribution in [2.75, 3.05) is 6.54 Å². The molecule has 0 aliphatic heterocycles. The van der Waals surface area contributed by atoms with Crippen LogP contribution in [0.1, 0.15) is 29.7 Å². The molecule has 0 bridgehead atoms. The molecular weight excluding hydrogens is 261 g/mol. The molecule has 0 aliphatic rings. The van der Waals surface area contributed by atoms with Crippen LogP contribution in [-0.2, 0) is 0 Å². The first-order valence-electron chi connectivity index (χ1n) is 6.36. The topological polar surface area (TPSA) is 12.0 Å². The number of rotatable bonds is 4. The van der Waals surface area contributed by atoms with Crippen LogP contribution < -0.4 is 5.32 Å². The summed E-state index contributed by atoms with van der Waals surface area (Å²) in [5, 5.41) is 4.18. The van der Waals surface area contributed by atoms with Gasteiger partial charge in [-0.2, -0.15) is 0 Å². The number of benzene rings is 2. The summed E-state index contributed by atoms with van der Waals surface area (Å²) in [6.45, 7) is 4.88. The Morgan fingerprint density at radius 1 is 1.11 bits per heavy atom. The fourth-order valence-electron chi connectivity index (χ4n) is 2.13. The van der Waals surface area contributed by atoms with Gasteiger partial charge >= 0.3 is 0 Å². The van der Waals surface area contributed by atoms with Crippen molar-refractivity contribution in [2.24, 2.45) is 0 Å². The molecule has 0 spiro atoms. The van der Waals surface area contributed by atoms with Gasteiger partial charge in [0, 0.05) is 5.02 Å². The number of hydrogen-bond acceptors (Lipinski definition) is 1. The van der Waals surface area contributed by atoms with Gasteiger partial charge in [-0.3, -0.25) is 0 Å². The maximum Gasteiger partial charge on any atom is 0.123 e. The second-order valence-corrected chi connectivity index (χ2v) is 4.96. The zero-order valence-electron chi connectivity index (χ0n) is 11.1. The maximum absolute atomic E-state index is 13.0. The van der Waals surface area contributed by atoms with Crippen LogP contribution in [0.15, 0.2) is 42.5 Å². The summed E-state index contributed by atoms with van der Waals surface area (Å²) >= 11 is 6.06. The van der Waals surface area contributed by atoms with E-state index in [1.54, 1.807) is 0 Å². The van der Waals surface area contributed by atoms with Crippen LogP contribution >= 0.6 is 11.6 Å². The molecule has 2 aromatic carbocycles. The van der Waals surface area contributed by atoms with Gasteiger partial charge < -0.3 is 5.32 Å². The average molecular weight is 278 g/mol. The Balaban J connectivity index is 2.38. The normalized spacial score (nSPS) is 12.4. The molecule has 19 heavy (non-hydrogen) atoms. The summed E-state index contributed by atoms with van der Waals surface area (Å²) in [4.78, 5) is 0. The largest absolute Gasteiger partial charge is 0.307 e. The molecule has 0 saturated heterocycles. The van der Waals surface area contributed by atoms with E-state index in [0.29, 0.717) is 0 Å². The fraction of sp³-hybridized carbons (Fsp3) is 0.250. The van der Waals surface area contributed by atoms with Crippen LogP contribution in [0.5, 0.6) is 0 Å². The van der Waals surface area contributed by atoms with Gasteiger partial charge in [-0.25, -0.2) is 4.39 Å². The predicted molar refractivity (Wildman–Crippen MR) is 78.1 cm³/mol. The highest BCUT2D eigenvalue weighted by Crippen LogP contribution is 2.26. The van der Waals surface area contributed by atoms with Gasteiger partial charge in [-0.1, -0.05) is 42.8 Å². The molecule has 0 saturated carbocycles. The second kappa shape index (κ2) is 6.18. The van der Waals surface area contributed by atoms with Crippen LogP contribution in [0.3, 0.4) is 0 Å². The molecule has 2 rings (SSSR count). The Labute approximate surface area is 118 Å². The van der Waals surface area contributed by atoms with E-state index in [0.717, 1.165) is 28.3 Å². The van der Waals surface area contributed by atoms with Crippen LogP contribution in [0.2, 0.25) is 5.02 Å². The Morgan fingerprint density at radius 2 is 1.74 bits per heavy atom. The molecular formula is C16H17ClFN. The second-order valence-electron chi connectivity index (χ2n) is 4.55. The molecule has 1 unspecified atom stereocenters. The molecule has 1 N–H and O–H groups in total. The lowest BCUT2D eigenvalue weighted by Gasteiger charge is -2.19. The van der Waals surface area contributed by atoms with Crippen molar-refractivity contribution >= 4 is 11.6 Å². The van der Waals surface area contributed by atoms with Gasteiger partial charge in [0.2, 0.25) is 0 Å². The standard InChI is InChI=1S/C16H17ClFN/c1-3-19-16(12-4-7-14(18)8-5-12)13-6-9-15(17)11(2)10-13/h4-10,16,19H,3H2,1-2H3. The molecule has 0 aromatic heterocycles. The molecule has 0 amide bonds. The highest BCUT2D eigenvalue weighted by atomic mass is 35.5. The fourth-order valence-corrected chi connectivity index (χ4v) is 2.25. The van der Waals surface area contributed by atoms with E-state index in [1.807, 2.05) is 31.2 Å². The van der Waals surface area contributed by atoms with Crippen LogP contribution in [0.4, 0.5) is 4.39 Å². The zero-order chi connectivity index (χ0) is 13.8. The van der Waals surface area contributed by atoms with E-state index in [-0.39, 0.29) is 11.9 Å². The van der Waals surface area contributed by atoms with E-state index in [2.05, 4.69) is 18.3 Å². The lowest BCUT2D eigenvalue weighted by molar-refractivity contribution is 0.613. The lowest BCUT2D eigenvalue weighted by Crippen LogP contribution is -2.22. The summed E-state index contributed by atoms with van der Waals surface area (Å²) in [5.41, 5.74) is 3.23. The molecule has 0 heterocycles. The van der Waals surface area contributed by atoms with Gasteiger partial charge in [0.25, 0.3) is 0 Å². The van der Waals surface area contributed by atoms with Crippen molar-refractivity contribution in [2.45, 2.75) is 19.9 Å². The predicted octanol–water partition coefficient (Wildman–Crippen LogP) is 4.49. The van der Waals surface area contributed by atoms with Crippen molar-refractivity contribution < 1.29 is 4.39 Å². The Kier molecular flexibility index (Phi) is 4.56. The quantitative estimate of drug-likeness (QED) is 0.868. The minimum atomic E-state index is -0.216. The Bertz CT molecular complexity index is 551. The minimum absolute atomic E-state index is 0.0570. The number of halogens is 2. The first-order chi connectivity index (χ1) is 9.11. The van der Waals surface area contributed by atoms with Gasteiger partial charge in [-0.05, 0) is 48.4 Å². The van der Waals surface area contributed by atoms with Crippen molar-refractivity contribution in [3.63, 3.8) is 0 Å². The minimum Gasteiger partial charge on any atom is -0.307 e. The third-order valence-corrected chi connectivity index (χ3v) is 3.55. The van der Waals surface area contributed by atoms with Gasteiger partial charge in [0.1, 0.15) is 5.82 Å². The van der Waals surface area contributed by atoms with Crippen molar-refractivity contribution in [1.82, 2.24) is 5.32 Å². The summed E-state index contributed by atoms with van der Waals surface area (Å²) < 4.78 is 13.0. The Morgan fingerprint density at radius 3 is 2.32 bits per heavy atom. The number of nitrogens with one attached hydrogen (secondary N) is 1. The molecule has 100 valence electrons. The van der Waals surface area contributed by atoms with E-state index in [9.17, 15) is 4.39 Å². The highest BCUT2D eigenvalue weighted by Gasteiger charge is 2.13. The highest BCUT2D eigenvalue weighted by molar-refractivity contribution is 6.31. The smallest absolute Gasteiger partial charge is 0.123 e. The summed E-state index contributed by atoms with van der Waals surface area (Å²) in [6, 6.07) is 12.6. The zero-order valence-corrected chi connectivity index (χ0v) is 11.8. The molecule has 1 atom stereocenters. The van der Waals surface area contributed by atoms with Crippen LogP contribution in [-0.4, -0.2) is 6.54 Å². The monoisotopic (exact) mass is 277 g/mol. The summed E-state index contributed by atoms with van der Waals surface area (Å²) in [5.74, 6) is -0.216. The van der Waals surface area contributed by atoms with Gasteiger partial charge in [-0.15, -0.1) is 0 Å². The van der Waals surface area contributed by atoms with Crippen molar-refractivity contribution in [3.05, 3.63) is 70.0 Å². The third kappa shape index (κ3) is 3.34. The lowest BCUT2D eigenvalue weighted by atomic mass is 9.97. The van der Waals surface area contributed by atoms with Crippen LogP contribution in [0, 0.1) is 12.7 Å². The number of hydrogen-bond donors (Lipinski definition) is 1. The average Bonchev–Trinajstić information content (AvgIpc) is 2.41. The molecule has 0 radical (unpaired) electrons. The molecule has 0 aliphatic carbocycles. The third-order valence-electron chi connectivity index (χ3n) is 3.13. The first-order valence-corrected chi connectivity index (χ1v) is 6.74. The SMILES string of the molecule is CCNC(c1ccc(F)cc1)c1ccc(Cl)c(C)c1. The van der Waals surface area contributed by atoms with E-state index < -0.39 is 0 Å². The van der Waals surface area contributed by atoms with E-state index >= 15 is 0 Å². The molecule has 3 heteroatoms. The van der Waals surface area contributed by atoms with Gasteiger partial charge in [0.05, 0.1) is 6.04 Å². The summed E-state index contributed by atoms with van der Waals surface area (Å²) in [6.07, 6.45) is 0. The van der Waals surface area contributed by atoms with Gasteiger partial charge in [0.15, 0.2) is 0 Å². The van der Waals surface area contributed by atoms with E-state index in [4.69, 9.17) is 11.6 Å². The molecule has 1 nitrogen and oxygen atoms in total. The maximum atomic E-state index is 13.0. The van der Waals surface area contributed by atoms with E-state index in [1.165, 1.54) is 12.1 Å². The number of aryl methyl sites for hydroxylation is 1. The first kappa shape index (κ1) is 14.0. The molecule has 2 aromatic rings. The molecule has 0 fully saturated rings. The van der Waals surface area contributed by atoms with Crippen LogP contribution in [0.25, 0.3) is 0 Å².